The maximum atomic E-state index is 13.5. The SMILES string of the molecule is COc1ccc(OC)c2c(-c3ccccc3)c(C(=O)NN=Cc3ccccc3OC(=O)c3ccc(C)cc3)[nH]c12. The Bertz CT molecular complexity index is 1710. The van der Waals surface area contributed by atoms with E-state index in [1.165, 1.54) is 6.21 Å². The second-order valence-electron chi connectivity index (χ2n) is 8.95. The molecule has 8 heteroatoms. The molecule has 2 N–H and O–H groups in total. The monoisotopic (exact) mass is 533 g/mol. The number of fused-ring (bicyclic) bond motifs is 1. The lowest BCUT2D eigenvalue weighted by atomic mass is 10.0. The first-order valence-electron chi connectivity index (χ1n) is 12.5. The quantitative estimate of drug-likeness (QED) is 0.108. The molecule has 0 saturated carbocycles. The molecule has 8 nitrogen and oxygen atoms in total. The number of carbonyl (C=O) groups excluding carboxylic acids is 2. The molecular weight excluding hydrogens is 506 g/mol. The highest BCUT2D eigenvalue weighted by Gasteiger charge is 2.24. The number of esters is 1. The molecule has 200 valence electrons. The minimum Gasteiger partial charge on any atom is -0.496 e. The summed E-state index contributed by atoms with van der Waals surface area (Å²) in [6.07, 6.45) is 1.43. The number of aryl methyl sites for hydroxylation is 1. The number of hydrazone groups is 1. The van der Waals surface area contributed by atoms with Crippen molar-refractivity contribution < 1.29 is 23.8 Å². The Labute approximate surface area is 231 Å². The molecule has 1 amide bonds. The summed E-state index contributed by atoms with van der Waals surface area (Å²) < 4.78 is 16.8. The van der Waals surface area contributed by atoms with E-state index in [1.807, 2.05) is 49.4 Å². The van der Waals surface area contributed by atoms with Crippen molar-refractivity contribution in [1.82, 2.24) is 10.4 Å². The number of ether oxygens (including phenoxy) is 3. The van der Waals surface area contributed by atoms with Gasteiger partial charge in [-0.05, 0) is 48.9 Å². The van der Waals surface area contributed by atoms with Crippen LogP contribution >= 0.6 is 0 Å². The van der Waals surface area contributed by atoms with E-state index in [1.54, 1.807) is 62.8 Å². The van der Waals surface area contributed by atoms with Gasteiger partial charge in [-0.15, -0.1) is 0 Å². The number of methoxy groups -OCH3 is 2. The third kappa shape index (κ3) is 5.28. The van der Waals surface area contributed by atoms with Crippen LogP contribution in [0.2, 0.25) is 0 Å². The van der Waals surface area contributed by atoms with Gasteiger partial charge in [0.05, 0.1) is 36.9 Å². The van der Waals surface area contributed by atoms with Gasteiger partial charge >= 0.3 is 5.97 Å². The average molecular weight is 534 g/mol. The number of nitrogens with zero attached hydrogens (tertiary/aromatic N) is 1. The molecule has 0 aliphatic rings. The fraction of sp³-hybridized carbons (Fsp3) is 0.0938. The van der Waals surface area contributed by atoms with Gasteiger partial charge in [-0.2, -0.15) is 5.10 Å². The molecule has 0 saturated heterocycles. The maximum Gasteiger partial charge on any atom is 0.343 e. The van der Waals surface area contributed by atoms with Crippen LogP contribution in [-0.2, 0) is 0 Å². The fourth-order valence-corrected chi connectivity index (χ4v) is 4.40. The van der Waals surface area contributed by atoms with Crippen molar-refractivity contribution in [3.8, 4) is 28.4 Å². The van der Waals surface area contributed by atoms with Crippen LogP contribution in [0.15, 0.2) is 96.1 Å². The number of rotatable bonds is 8. The molecule has 5 rings (SSSR count). The van der Waals surface area contributed by atoms with Crippen LogP contribution in [0.4, 0.5) is 0 Å². The highest BCUT2D eigenvalue weighted by atomic mass is 16.5. The minimum absolute atomic E-state index is 0.292. The molecule has 0 unspecified atom stereocenters. The van der Waals surface area contributed by atoms with Crippen molar-refractivity contribution in [3.05, 3.63) is 113 Å². The second kappa shape index (κ2) is 11.6. The van der Waals surface area contributed by atoms with Crippen LogP contribution in [0.1, 0.15) is 32.0 Å². The molecule has 0 radical (unpaired) electrons. The maximum absolute atomic E-state index is 13.5. The number of aromatic nitrogens is 1. The van der Waals surface area contributed by atoms with E-state index in [-0.39, 0.29) is 0 Å². The van der Waals surface area contributed by atoms with Crippen LogP contribution < -0.4 is 19.6 Å². The van der Waals surface area contributed by atoms with Gasteiger partial charge in [-0.25, -0.2) is 10.2 Å². The number of amides is 1. The predicted molar refractivity (Wildman–Crippen MR) is 154 cm³/mol. The summed E-state index contributed by atoms with van der Waals surface area (Å²) >= 11 is 0. The highest BCUT2D eigenvalue weighted by Crippen LogP contribution is 2.42. The molecule has 0 spiro atoms. The van der Waals surface area contributed by atoms with Crippen molar-refractivity contribution in [2.24, 2.45) is 5.10 Å². The summed E-state index contributed by atoms with van der Waals surface area (Å²) in [5.74, 6) is 0.525. The average Bonchev–Trinajstić information content (AvgIpc) is 3.39. The number of carbonyl (C=O) groups is 2. The smallest absolute Gasteiger partial charge is 0.343 e. The summed E-state index contributed by atoms with van der Waals surface area (Å²) in [7, 11) is 3.15. The number of aromatic amines is 1. The van der Waals surface area contributed by atoms with Gasteiger partial charge in [-0.1, -0.05) is 60.2 Å². The van der Waals surface area contributed by atoms with Crippen LogP contribution in [0, 0.1) is 6.92 Å². The Hall–Kier alpha value is -5.37. The predicted octanol–water partition coefficient (Wildman–Crippen LogP) is 6.14. The van der Waals surface area contributed by atoms with Crippen molar-refractivity contribution in [3.63, 3.8) is 0 Å². The fourth-order valence-electron chi connectivity index (χ4n) is 4.40. The Morgan fingerprint density at radius 2 is 1.48 bits per heavy atom. The normalized spacial score (nSPS) is 11.0. The highest BCUT2D eigenvalue weighted by molar-refractivity contribution is 6.13. The van der Waals surface area contributed by atoms with Gasteiger partial charge in [0, 0.05) is 11.1 Å². The van der Waals surface area contributed by atoms with E-state index in [9.17, 15) is 9.59 Å². The summed E-state index contributed by atoms with van der Waals surface area (Å²) in [6, 6.07) is 27.2. The van der Waals surface area contributed by atoms with Gasteiger partial charge in [0.2, 0.25) is 0 Å². The number of para-hydroxylation sites is 1. The molecule has 0 aliphatic carbocycles. The van der Waals surface area contributed by atoms with Gasteiger partial charge in [0.1, 0.15) is 22.9 Å². The van der Waals surface area contributed by atoms with Crippen LogP contribution in [0.5, 0.6) is 17.2 Å². The molecule has 1 heterocycles. The lowest BCUT2D eigenvalue weighted by molar-refractivity contribution is 0.0734. The van der Waals surface area contributed by atoms with Crippen molar-refractivity contribution >= 4 is 29.0 Å². The van der Waals surface area contributed by atoms with E-state index >= 15 is 0 Å². The lowest BCUT2D eigenvalue weighted by Gasteiger charge is -2.09. The number of nitrogens with one attached hydrogen (secondary N) is 2. The number of hydrogen-bond acceptors (Lipinski definition) is 6. The molecule has 1 aromatic heterocycles. The van der Waals surface area contributed by atoms with Crippen LogP contribution in [0.25, 0.3) is 22.0 Å². The van der Waals surface area contributed by atoms with E-state index in [0.717, 1.165) is 16.5 Å². The molecule has 4 aromatic carbocycles. The Morgan fingerprint density at radius 1 is 0.800 bits per heavy atom. The largest absolute Gasteiger partial charge is 0.496 e. The summed E-state index contributed by atoms with van der Waals surface area (Å²) in [6.45, 7) is 1.95. The topological polar surface area (TPSA) is 102 Å². The zero-order valence-corrected chi connectivity index (χ0v) is 22.2. The number of benzene rings is 4. The van der Waals surface area contributed by atoms with Gasteiger partial charge in [0.15, 0.2) is 0 Å². The molecule has 0 atom stereocenters. The van der Waals surface area contributed by atoms with Crippen molar-refractivity contribution in [2.45, 2.75) is 6.92 Å². The summed E-state index contributed by atoms with van der Waals surface area (Å²) in [4.78, 5) is 29.3. The molecule has 0 fully saturated rings. The standard InChI is InChI=1S/C32H27N3O5/c1-20-13-15-22(16-14-20)32(37)40-24-12-8-7-11-23(24)19-33-35-31(36)30-27(21-9-5-4-6-10-21)28-25(38-2)17-18-26(39-3)29(28)34-30/h4-19,34H,1-3H3,(H,35,36). The third-order valence-corrected chi connectivity index (χ3v) is 6.39. The number of hydrogen-bond donors (Lipinski definition) is 2. The van der Waals surface area contributed by atoms with E-state index in [4.69, 9.17) is 14.2 Å². The molecule has 0 bridgehead atoms. The van der Waals surface area contributed by atoms with E-state index in [0.29, 0.717) is 45.1 Å². The van der Waals surface area contributed by atoms with Crippen molar-refractivity contribution in [1.29, 1.82) is 0 Å². The molecule has 5 aromatic rings. The zero-order valence-electron chi connectivity index (χ0n) is 22.2. The van der Waals surface area contributed by atoms with E-state index in [2.05, 4.69) is 15.5 Å². The molecule has 40 heavy (non-hydrogen) atoms. The Morgan fingerprint density at radius 3 is 2.20 bits per heavy atom. The first-order valence-corrected chi connectivity index (χ1v) is 12.5. The first kappa shape index (κ1) is 26.2. The van der Waals surface area contributed by atoms with Crippen LogP contribution in [0.3, 0.4) is 0 Å². The first-order chi connectivity index (χ1) is 19.5. The lowest BCUT2D eigenvalue weighted by Crippen LogP contribution is -2.19. The third-order valence-electron chi connectivity index (χ3n) is 6.39. The zero-order chi connectivity index (χ0) is 28.1. The minimum atomic E-state index is -0.488. The summed E-state index contributed by atoms with van der Waals surface area (Å²) in [5.41, 5.74) is 6.99. The van der Waals surface area contributed by atoms with Crippen LogP contribution in [-0.4, -0.2) is 37.3 Å². The molecular formula is C32H27N3O5. The van der Waals surface area contributed by atoms with Gasteiger partial charge < -0.3 is 19.2 Å². The van der Waals surface area contributed by atoms with E-state index < -0.39 is 11.9 Å². The Kier molecular flexibility index (Phi) is 7.59. The number of H-pyrrole nitrogens is 1. The second-order valence-corrected chi connectivity index (χ2v) is 8.95. The van der Waals surface area contributed by atoms with Gasteiger partial charge in [0.25, 0.3) is 5.91 Å². The van der Waals surface area contributed by atoms with Crippen molar-refractivity contribution in [2.75, 3.05) is 14.2 Å². The molecule has 0 aliphatic heterocycles. The Balaban J connectivity index is 1.44. The summed E-state index contributed by atoms with van der Waals surface area (Å²) in [5, 5.41) is 4.88. The van der Waals surface area contributed by atoms with Gasteiger partial charge in [-0.3, -0.25) is 4.79 Å².